The molecule has 0 nitrogen and oxygen atoms in total. The second-order valence-electron chi connectivity index (χ2n) is 6.43. The Morgan fingerprint density at radius 2 is 1.84 bits per heavy atom. The fourth-order valence-electron chi connectivity index (χ4n) is 3.61. The van der Waals surface area contributed by atoms with Gasteiger partial charge in [0, 0.05) is 9.85 Å². The van der Waals surface area contributed by atoms with E-state index in [1.807, 2.05) is 12.1 Å². The van der Waals surface area contributed by atoms with Gasteiger partial charge in [0.1, 0.15) is 0 Å². The van der Waals surface area contributed by atoms with Crippen LogP contribution in [-0.4, -0.2) is 4.83 Å². The summed E-state index contributed by atoms with van der Waals surface area (Å²) in [6.07, 6.45) is 7.88. The van der Waals surface area contributed by atoms with Crippen molar-refractivity contribution in [3.05, 3.63) is 34.9 Å². The van der Waals surface area contributed by atoms with E-state index in [1.54, 1.807) is 0 Å². The number of alkyl halides is 1. The molecule has 0 spiro atoms. The van der Waals surface area contributed by atoms with Crippen molar-refractivity contribution in [3.63, 3.8) is 0 Å². The number of hydrogen-bond donors (Lipinski definition) is 0. The van der Waals surface area contributed by atoms with Crippen LogP contribution >= 0.6 is 27.5 Å². The molecular formula is C17H24BrCl. The Morgan fingerprint density at radius 1 is 1.21 bits per heavy atom. The van der Waals surface area contributed by atoms with Crippen LogP contribution in [0.4, 0.5) is 0 Å². The van der Waals surface area contributed by atoms with E-state index in [2.05, 4.69) is 41.9 Å². The van der Waals surface area contributed by atoms with Gasteiger partial charge in [-0.3, -0.25) is 0 Å². The second-order valence-corrected chi connectivity index (χ2v) is 7.94. The van der Waals surface area contributed by atoms with Crippen molar-refractivity contribution in [2.24, 2.45) is 11.3 Å². The smallest absolute Gasteiger partial charge is 0.0438 e. The van der Waals surface area contributed by atoms with E-state index in [0.717, 1.165) is 17.4 Å². The molecule has 0 saturated heterocycles. The van der Waals surface area contributed by atoms with Crippen LogP contribution in [0.15, 0.2) is 24.3 Å². The first-order valence-electron chi connectivity index (χ1n) is 7.41. The summed E-state index contributed by atoms with van der Waals surface area (Å²) in [5.41, 5.74) is 1.76. The number of hydrogen-bond acceptors (Lipinski definition) is 0. The molecule has 1 aliphatic rings. The Bertz CT molecular complexity index is 407. The molecule has 2 heteroatoms. The molecule has 1 fully saturated rings. The number of benzene rings is 1. The van der Waals surface area contributed by atoms with Gasteiger partial charge in [-0.15, -0.1) is 0 Å². The topological polar surface area (TPSA) is 0 Å². The zero-order valence-corrected chi connectivity index (χ0v) is 14.3. The van der Waals surface area contributed by atoms with Gasteiger partial charge in [-0.2, -0.15) is 0 Å². The van der Waals surface area contributed by atoms with E-state index < -0.39 is 0 Å². The van der Waals surface area contributed by atoms with Crippen molar-refractivity contribution in [2.75, 3.05) is 0 Å². The Hall–Kier alpha value is -0.0100. The summed E-state index contributed by atoms with van der Waals surface area (Å²) in [4.78, 5) is 0.546. The molecule has 1 atom stereocenters. The van der Waals surface area contributed by atoms with Crippen LogP contribution in [0.5, 0.6) is 0 Å². The number of halogens is 2. The highest BCUT2D eigenvalue weighted by Gasteiger charge is 2.40. The van der Waals surface area contributed by atoms with Crippen molar-refractivity contribution < 1.29 is 0 Å². The Balaban J connectivity index is 2.12. The summed E-state index contributed by atoms with van der Waals surface area (Å²) in [6, 6.07) is 8.26. The van der Waals surface area contributed by atoms with Gasteiger partial charge >= 0.3 is 0 Å². The third-order valence-corrected chi connectivity index (χ3v) is 6.10. The van der Waals surface area contributed by atoms with Crippen LogP contribution in [0.1, 0.15) is 51.5 Å². The van der Waals surface area contributed by atoms with E-state index in [4.69, 9.17) is 11.6 Å². The Labute approximate surface area is 131 Å². The van der Waals surface area contributed by atoms with Gasteiger partial charge in [0.05, 0.1) is 0 Å². The zero-order valence-electron chi connectivity index (χ0n) is 12.0. The van der Waals surface area contributed by atoms with Crippen LogP contribution in [-0.2, 0) is 6.42 Å². The summed E-state index contributed by atoms with van der Waals surface area (Å²) in [7, 11) is 0. The van der Waals surface area contributed by atoms with Gasteiger partial charge in [-0.25, -0.2) is 0 Å². The van der Waals surface area contributed by atoms with E-state index >= 15 is 0 Å². The molecule has 0 radical (unpaired) electrons. The van der Waals surface area contributed by atoms with Gasteiger partial charge in [0.2, 0.25) is 0 Å². The van der Waals surface area contributed by atoms with Crippen molar-refractivity contribution in [3.8, 4) is 0 Å². The maximum Gasteiger partial charge on any atom is 0.0438 e. The van der Waals surface area contributed by atoms with Crippen LogP contribution in [0.25, 0.3) is 0 Å². The van der Waals surface area contributed by atoms with Gasteiger partial charge in [-0.05, 0) is 48.6 Å². The molecule has 0 amide bonds. The normalized spacial score (nSPS) is 19.8. The van der Waals surface area contributed by atoms with Crippen LogP contribution in [0.3, 0.4) is 0 Å². The minimum absolute atomic E-state index is 0.480. The fourth-order valence-corrected chi connectivity index (χ4v) is 4.82. The lowest BCUT2D eigenvalue weighted by atomic mass is 9.74. The van der Waals surface area contributed by atoms with Crippen LogP contribution < -0.4 is 0 Å². The van der Waals surface area contributed by atoms with Gasteiger partial charge < -0.3 is 0 Å². The second kappa shape index (κ2) is 6.63. The van der Waals surface area contributed by atoms with Crippen LogP contribution in [0, 0.1) is 11.3 Å². The zero-order chi connectivity index (χ0) is 13.9. The molecule has 1 aromatic rings. The number of rotatable bonds is 5. The average molecular weight is 344 g/mol. The molecule has 1 aromatic carbocycles. The van der Waals surface area contributed by atoms with E-state index in [-0.39, 0.29) is 0 Å². The summed E-state index contributed by atoms with van der Waals surface area (Å²) in [6.45, 7) is 4.69. The largest absolute Gasteiger partial charge is 0.0881 e. The monoisotopic (exact) mass is 342 g/mol. The molecule has 0 heterocycles. The Kier molecular flexibility index (Phi) is 5.37. The van der Waals surface area contributed by atoms with Crippen molar-refractivity contribution >= 4 is 27.5 Å². The highest BCUT2D eigenvalue weighted by atomic mass is 79.9. The predicted molar refractivity (Wildman–Crippen MR) is 88.2 cm³/mol. The molecule has 0 aromatic heterocycles. The summed E-state index contributed by atoms with van der Waals surface area (Å²) >= 11 is 10.3. The van der Waals surface area contributed by atoms with Crippen molar-refractivity contribution in [1.29, 1.82) is 0 Å². The summed E-state index contributed by atoms with van der Waals surface area (Å²) in [5, 5.41) is 0.907. The lowest BCUT2D eigenvalue weighted by Crippen LogP contribution is -2.31. The highest BCUT2D eigenvalue weighted by molar-refractivity contribution is 9.09. The minimum atomic E-state index is 0.480. The summed E-state index contributed by atoms with van der Waals surface area (Å²) < 4.78 is 0. The first-order valence-corrected chi connectivity index (χ1v) is 8.70. The lowest BCUT2D eigenvalue weighted by Gasteiger charge is -2.36. The maximum absolute atomic E-state index is 6.31. The molecule has 0 bridgehead atoms. The molecule has 1 unspecified atom stereocenters. The van der Waals surface area contributed by atoms with Gasteiger partial charge in [0.15, 0.2) is 0 Å². The molecular weight excluding hydrogens is 320 g/mol. The quantitative estimate of drug-likeness (QED) is 0.554. The third kappa shape index (κ3) is 3.76. The van der Waals surface area contributed by atoms with Crippen molar-refractivity contribution in [2.45, 2.75) is 57.2 Å². The maximum atomic E-state index is 6.31. The van der Waals surface area contributed by atoms with Crippen LogP contribution in [0.2, 0.25) is 5.02 Å². The van der Waals surface area contributed by atoms with E-state index in [9.17, 15) is 0 Å². The molecule has 0 N–H and O–H groups in total. The minimum Gasteiger partial charge on any atom is -0.0881 e. The van der Waals surface area contributed by atoms with Gasteiger partial charge in [-0.1, -0.05) is 72.4 Å². The Morgan fingerprint density at radius 3 is 2.42 bits per heavy atom. The molecule has 1 saturated carbocycles. The molecule has 106 valence electrons. The predicted octanol–water partition coefficient (Wildman–Crippen LogP) is 6.25. The molecule has 19 heavy (non-hydrogen) atoms. The highest BCUT2D eigenvalue weighted by Crippen LogP contribution is 2.49. The van der Waals surface area contributed by atoms with Gasteiger partial charge in [0.25, 0.3) is 0 Å². The first kappa shape index (κ1) is 15.4. The fraction of sp³-hybridized carbons (Fsp3) is 0.647. The third-order valence-electron chi connectivity index (χ3n) is 4.44. The molecule has 0 aliphatic heterocycles. The lowest BCUT2D eigenvalue weighted by molar-refractivity contribution is 0.228. The molecule has 1 aliphatic carbocycles. The summed E-state index contributed by atoms with van der Waals surface area (Å²) in [5.74, 6) is 0.768. The SMILES string of the molecule is CC(C)CC1(C(Br)Cc2ccccc2Cl)CCCC1. The van der Waals surface area contributed by atoms with E-state index in [0.29, 0.717) is 10.2 Å². The average Bonchev–Trinajstić information content (AvgIpc) is 2.81. The van der Waals surface area contributed by atoms with E-state index in [1.165, 1.54) is 37.7 Å². The van der Waals surface area contributed by atoms with Crippen molar-refractivity contribution in [1.82, 2.24) is 0 Å². The standard InChI is InChI=1S/C17H24BrCl/c1-13(2)12-17(9-5-6-10-17)16(18)11-14-7-3-4-8-15(14)19/h3-4,7-8,13,16H,5-6,9-12H2,1-2H3. The molecule has 2 rings (SSSR count). The first-order chi connectivity index (χ1) is 9.03.